The summed E-state index contributed by atoms with van der Waals surface area (Å²) < 4.78 is 33.6. The van der Waals surface area contributed by atoms with Gasteiger partial charge in [0.1, 0.15) is 17.4 Å². The van der Waals surface area contributed by atoms with E-state index in [1.54, 1.807) is 12.3 Å². The summed E-state index contributed by atoms with van der Waals surface area (Å²) in [7, 11) is 0. The number of furan rings is 1. The molecule has 2 heterocycles. The highest BCUT2D eigenvalue weighted by Crippen LogP contribution is 2.32. The standard InChI is InChI=1S/C16H16ClF2NO/c17-12-5-6-13(18)10(16(12)19)9-11(14-3-1-7-20-14)15-4-2-8-21-15/h2,4-6,8,11,14,20H,1,3,7,9H2. The monoisotopic (exact) mass is 311 g/mol. The van der Waals surface area contributed by atoms with Crippen LogP contribution < -0.4 is 5.32 Å². The maximum Gasteiger partial charge on any atom is 0.147 e. The zero-order valence-electron chi connectivity index (χ0n) is 11.4. The van der Waals surface area contributed by atoms with Gasteiger partial charge in [-0.1, -0.05) is 11.6 Å². The molecule has 1 aromatic heterocycles. The van der Waals surface area contributed by atoms with Gasteiger partial charge in [-0.05, 0) is 50.1 Å². The van der Waals surface area contributed by atoms with Crippen LogP contribution in [0.3, 0.4) is 0 Å². The van der Waals surface area contributed by atoms with Gasteiger partial charge in [-0.15, -0.1) is 0 Å². The van der Waals surface area contributed by atoms with Crippen LogP contribution >= 0.6 is 11.6 Å². The van der Waals surface area contributed by atoms with E-state index in [4.69, 9.17) is 16.0 Å². The maximum absolute atomic E-state index is 14.1. The summed E-state index contributed by atoms with van der Waals surface area (Å²) in [6, 6.07) is 6.26. The lowest BCUT2D eigenvalue weighted by Gasteiger charge is -2.22. The van der Waals surface area contributed by atoms with Crippen LogP contribution in [-0.2, 0) is 6.42 Å². The molecule has 1 saturated heterocycles. The Morgan fingerprint density at radius 1 is 1.33 bits per heavy atom. The minimum Gasteiger partial charge on any atom is -0.469 e. The molecule has 0 saturated carbocycles. The smallest absolute Gasteiger partial charge is 0.147 e. The SMILES string of the molecule is Fc1ccc(Cl)c(F)c1CC(c1ccco1)C1CCCN1. The first kappa shape index (κ1) is 14.5. The minimum atomic E-state index is -0.675. The van der Waals surface area contributed by atoms with Crippen LogP contribution in [0.25, 0.3) is 0 Å². The highest BCUT2D eigenvalue weighted by molar-refractivity contribution is 6.30. The summed E-state index contributed by atoms with van der Waals surface area (Å²) in [5, 5.41) is 3.33. The normalized spacial score (nSPS) is 19.9. The third-order valence-electron chi connectivity index (χ3n) is 4.06. The van der Waals surface area contributed by atoms with E-state index in [0.717, 1.165) is 25.1 Å². The van der Waals surface area contributed by atoms with E-state index in [9.17, 15) is 8.78 Å². The molecule has 0 bridgehead atoms. The van der Waals surface area contributed by atoms with Crippen LogP contribution in [0.4, 0.5) is 8.78 Å². The molecule has 2 unspecified atom stereocenters. The molecule has 1 fully saturated rings. The fourth-order valence-electron chi connectivity index (χ4n) is 2.97. The lowest BCUT2D eigenvalue weighted by Crippen LogP contribution is -2.30. The fraction of sp³-hybridized carbons (Fsp3) is 0.375. The molecule has 2 aromatic rings. The first-order chi connectivity index (χ1) is 10.2. The molecule has 3 rings (SSSR count). The molecule has 0 amide bonds. The summed E-state index contributed by atoms with van der Waals surface area (Å²) in [6.45, 7) is 0.919. The minimum absolute atomic E-state index is 0.0256. The molecule has 21 heavy (non-hydrogen) atoms. The summed E-state index contributed by atoms with van der Waals surface area (Å²) in [5.41, 5.74) is 0.0256. The van der Waals surface area contributed by atoms with Crippen molar-refractivity contribution in [3.8, 4) is 0 Å². The molecule has 2 atom stereocenters. The quantitative estimate of drug-likeness (QED) is 0.852. The first-order valence-corrected chi connectivity index (χ1v) is 7.44. The zero-order valence-corrected chi connectivity index (χ0v) is 12.2. The van der Waals surface area contributed by atoms with Crippen LogP contribution in [0.15, 0.2) is 34.9 Å². The lowest BCUT2D eigenvalue weighted by molar-refractivity contribution is 0.386. The van der Waals surface area contributed by atoms with Gasteiger partial charge in [0.2, 0.25) is 0 Å². The number of benzene rings is 1. The van der Waals surface area contributed by atoms with Gasteiger partial charge in [0, 0.05) is 17.5 Å². The molecule has 0 aliphatic carbocycles. The summed E-state index contributed by atoms with van der Waals surface area (Å²) in [4.78, 5) is 0. The molecule has 2 nitrogen and oxygen atoms in total. The van der Waals surface area contributed by atoms with E-state index < -0.39 is 11.6 Å². The van der Waals surface area contributed by atoms with Gasteiger partial charge in [-0.3, -0.25) is 0 Å². The second-order valence-electron chi connectivity index (χ2n) is 5.35. The van der Waals surface area contributed by atoms with Gasteiger partial charge < -0.3 is 9.73 Å². The Hall–Kier alpha value is -1.39. The van der Waals surface area contributed by atoms with Gasteiger partial charge in [0.25, 0.3) is 0 Å². The number of hydrogen-bond donors (Lipinski definition) is 1. The van der Waals surface area contributed by atoms with Crippen LogP contribution in [-0.4, -0.2) is 12.6 Å². The molecule has 0 radical (unpaired) electrons. The molecular formula is C16H16ClF2NO. The molecule has 0 spiro atoms. The van der Waals surface area contributed by atoms with Crippen molar-refractivity contribution < 1.29 is 13.2 Å². The number of nitrogens with one attached hydrogen (secondary N) is 1. The van der Waals surface area contributed by atoms with Gasteiger partial charge in [-0.2, -0.15) is 0 Å². The number of rotatable bonds is 4. The van der Waals surface area contributed by atoms with Crippen molar-refractivity contribution in [3.63, 3.8) is 0 Å². The van der Waals surface area contributed by atoms with Crippen molar-refractivity contribution in [2.24, 2.45) is 0 Å². The largest absolute Gasteiger partial charge is 0.469 e. The Morgan fingerprint density at radius 2 is 2.19 bits per heavy atom. The Balaban J connectivity index is 1.93. The topological polar surface area (TPSA) is 25.2 Å². The predicted molar refractivity (Wildman–Crippen MR) is 77.5 cm³/mol. The van der Waals surface area contributed by atoms with Crippen LogP contribution in [0.2, 0.25) is 5.02 Å². The Labute approximate surface area is 127 Å². The second-order valence-corrected chi connectivity index (χ2v) is 5.76. The highest BCUT2D eigenvalue weighted by Gasteiger charge is 2.30. The predicted octanol–water partition coefficient (Wildman–Crippen LogP) is 4.29. The lowest BCUT2D eigenvalue weighted by atomic mass is 9.88. The fourth-order valence-corrected chi connectivity index (χ4v) is 3.15. The number of hydrogen-bond acceptors (Lipinski definition) is 2. The van der Waals surface area contributed by atoms with E-state index in [1.807, 2.05) is 6.07 Å². The molecule has 1 aliphatic rings. The summed E-state index contributed by atoms with van der Waals surface area (Å²) in [5.74, 6) is -0.601. The average Bonchev–Trinajstić information content (AvgIpc) is 3.16. The van der Waals surface area contributed by atoms with Crippen molar-refractivity contribution in [1.29, 1.82) is 0 Å². The van der Waals surface area contributed by atoms with Crippen LogP contribution in [0.1, 0.15) is 30.1 Å². The van der Waals surface area contributed by atoms with Crippen molar-refractivity contribution >= 4 is 11.6 Å². The molecule has 1 aromatic carbocycles. The molecule has 112 valence electrons. The molecule has 5 heteroatoms. The van der Waals surface area contributed by atoms with E-state index in [-0.39, 0.29) is 29.0 Å². The van der Waals surface area contributed by atoms with Gasteiger partial charge >= 0.3 is 0 Å². The third-order valence-corrected chi connectivity index (χ3v) is 4.35. The van der Waals surface area contributed by atoms with Gasteiger partial charge in [0.05, 0.1) is 11.3 Å². The van der Waals surface area contributed by atoms with Gasteiger partial charge in [0.15, 0.2) is 0 Å². The van der Waals surface area contributed by atoms with Crippen LogP contribution in [0.5, 0.6) is 0 Å². The van der Waals surface area contributed by atoms with E-state index in [2.05, 4.69) is 5.32 Å². The van der Waals surface area contributed by atoms with Crippen molar-refractivity contribution in [2.75, 3.05) is 6.54 Å². The average molecular weight is 312 g/mol. The van der Waals surface area contributed by atoms with E-state index >= 15 is 0 Å². The number of halogens is 3. The Morgan fingerprint density at radius 3 is 2.86 bits per heavy atom. The molecule has 1 N–H and O–H groups in total. The van der Waals surface area contributed by atoms with Crippen LogP contribution in [0, 0.1) is 11.6 Å². The van der Waals surface area contributed by atoms with E-state index in [0.29, 0.717) is 0 Å². The highest BCUT2D eigenvalue weighted by atomic mass is 35.5. The van der Waals surface area contributed by atoms with Crippen molar-refractivity contribution in [2.45, 2.75) is 31.2 Å². The molecule has 1 aliphatic heterocycles. The second kappa shape index (κ2) is 6.16. The third kappa shape index (κ3) is 2.97. The first-order valence-electron chi connectivity index (χ1n) is 7.06. The molecular weight excluding hydrogens is 296 g/mol. The van der Waals surface area contributed by atoms with Crippen molar-refractivity contribution in [1.82, 2.24) is 5.32 Å². The Bertz CT molecular complexity index is 609. The summed E-state index contributed by atoms with van der Waals surface area (Å²) in [6.07, 6.45) is 3.84. The maximum atomic E-state index is 14.1. The van der Waals surface area contributed by atoms with Crippen molar-refractivity contribution in [3.05, 3.63) is 58.5 Å². The summed E-state index contributed by atoms with van der Waals surface area (Å²) >= 11 is 5.77. The van der Waals surface area contributed by atoms with E-state index in [1.165, 1.54) is 12.1 Å². The Kier molecular flexibility index (Phi) is 4.27. The zero-order chi connectivity index (χ0) is 14.8. The van der Waals surface area contributed by atoms with Gasteiger partial charge in [-0.25, -0.2) is 8.78 Å².